The van der Waals surface area contributed by atoms with Crippen LogP contribution < -0.4 is 0 Å². The standard InChI is InChI=1S/C11H17N/c1-2-3-5-10-8-11-6-4-7-12(11)9-10/h8-9H,2-7H2,1H3. The number of fused-ring (bicyclic) bond motifs is 1. The van der Waals surface area contributed by atoms with Crippen LogP contribution in [0.2, 0.25) is 0 Å². The van der Waals surface area contributed by atoms with Crippen molar-refractivity contribution < 1.29 is 0 Å². The fourth-order valence-electron chi connectivity index (χ4n) is 1.99. The molecule has 0 atom stereocenters. The molecule has 0 fully saturated rings. The summed E-state index contributed by atoms with van der Waals surface area (Å²) >= 11 is 0. The highest BCUT2D eigenvalue weighted by Crippen LogP contribution is 2.19. The Morgan fingerprint density at radius 1 is 1.50 bits per heavy atom. The lowest BCUT2D eigenvalue weighted by Crippen LogP contribution is -1.88. The molecule has 0 N–H and O–H groups in total. The fourth-order valence-corrected chi connectivity index (χ4v) is 1.99. The van der Waals surface area contributed by atoms with Crippen LogP contribution in [-0.2, 0) is 19.4 Å². The lowest BCUT2D eigenvalue weighted by molar-refractivity contribution is 0.738. The van der Waals surface area contributed by atoms with Gasteiger partial charge in [0.05, 0.1) is 0 Å². The van der Waals surface area contributed by atoms with Crippen LogP contribution in [0, 0.1) is 0 Å². The Kier molecular flexibility index (Phi) is 2.20. The maximum Gasteiger partial charge on any atom is 0.0226 e. The van der Waals surface area contributed by atoms with Gasteiger partial charge >= 0.3 is 0 Å². The predicted molar refractivity (Wildman–Crippen MR) is 51.4 cm³/mol. The maximum atomic E-state index is 2.42. The Bertz CT molecular complexity index is 238. The first-order valence-corrected chi connectivity index (χ1v) is 5.08. The van der Waals surface area contributed by atoms with Gasteiger partial charge in [-0.2, -0.15) is 0 Å². The third-order valence-electron chi connectivity index (χ3n) is 2.69. The molecule has 1 heteroatoms. The van der Waals surface area contributed by atoms with E-state index in [0.29, 0.717) is 0 Å². The molecule has 12 heavy (non-hydrogen) atoms. The van der Waals surface area contributed by atoms with Gasteiger partial charge in [0.15, 0.2) is 0 Å². The van der Waals surface area contributed by atoms with Gasteiger partial charge in [0, 0.05) is 18.4 Å². The van der Waals surface area contributed by atoms with Gasteiger partial charge in [0.2, 0.25) is 0 Å². The minimum absolute atomic E-state index is 1.25. The number of rotatable bonds is 3. The van der Waals surface area contributed by atoms with E-state index in [-0.39, 0.29) is 0 Å². The predicted octanol–water partition coefficient (Wildman–Crippen LogP) is 2.78. The molecule has 0 amide bonds. The van der Waals surface area contributed by atoms with Crippen LogP contribution >= 0.6 is 0 Å². The Morgan fingerprint density at radius 3 is 3.17 bits per heavy atom. The second kappa shape index (κ2) is 3.34. The molecule has 0 spiro atoms. The van der Waals surface area contributed by atoms with E-state index in [4.69, 9.17) is 0 Å². The summed E-state index contributed by atoms with van der Waals surface area (Å²) in [6, 6.07) is 2.39. The summed E-state index contributed by atoms with van der Waals surface area (Å²) in [4.78, 5) is 0. The molecule has 0 saturated heterocycles. The molecule has 1 aromatic heterocycles. The number of aryl methyl sites for hydroxylation is 3. The van der Waals surface area contributed by atoms with Gasteiger partial charge in [-0.15, -0.1) is 0 Å². The summed E-state index contributed by atoms with van der Waals surface area (Å²) in [7, 11) is 0. The number of nitrogens with zero attached hydrogens (tertiary/aromatic N) is 1. The highest BCUT2D eigenvalue weighted by atomic mass is 15.0. The van der Waals surface area contributed by atoms with Crippen molar-refractivity contribution in [3.8, 4) is 0 Å². The molecule has 0 bridgehead atoms. The molecule has 2 rings (SSSR count). The van der Waals surface area contributed by atoms with Gasteiger partial charge in [0.25, 0.3) is 0 Å². The Hall–Kier alpha value is -0.720. The molecule has 1 aliphatic rings. The van der Waals surface area contributed by atoms with E-state index in [9.17, 15) is 0 Å². The molecule has 66 valence electrons. The molecule has 0 unspecified atom stereocenters. The number of hydrogen-bond acceptors (Lipinski definition) is 0. The monoisotopic (exact) mass is 163 g/mol. The van der Waals surface area contributed by atoms with Crippen molar-refractivity contribution in [2.45, 2.75) is 45.6 Å². The molecule has 0 saturated carbocycles. The fraction of sp³-hybridized carbons (Fsp3) is 0.636. The van der Waals surface area contributed by atoms with Gasteiger partial charge in [-0.25, -0.2) is 0 Å². The first kappa shape index (κ1) is 7.90. The molecule has 1 aliphatic heterocycles. The third-order valence-corrected chi connectivity index (χ3v) is 2.69. The molecule has 2 heterocycles. The van der Waals surface area contributed by atoms with Gasteiger partial charge in [-0.1, -0.05) is 13.3 Å². The minimum atomic E-state index is 1.25. The Morgan fingerprint density at radius 2 is 2.42 bits per heavy atom. The second-order valence-corrected chi connectivity index (χ2v) is 3.74. The Balaban J connectivity index is 2.05. The third kappa shape index (κ3) is 1.40. The van der Waals surface area contributed by atoms with Crippen molar-refractivity contribution in [2.75, 3.05) is 0 Å². The van der Waals surface area contributed by atoms with Crippen molar-refractivity contribution in [3.63, 3.8) is 0 Å². The molecular formula is C11H17N. The average Bonchev–Trinajstić information content (AvgIpc) is 2.58. The van der Waals surface area contributed by atoms with E-state index in [1.165, 1.54) is 38.6 Å². The first-order chi connectivity index (χ1) is 5.90. The highest BCUT2D eigenvalue weighted by Gasteiger charge is 2.10. The highest BCUT2D eigenvalue weighted by molar-refractivity contribution is 5.21. The topological polar surface area (TPSA) is 4.93 Å². The first-order valence-electron chi connectivity index (χ1n) is 5.08. The van der Waals surface area contributed by atoms with Crippen LogP contribution in [0.4, 0.5) is 0 Å². The molecule has 0 aromatic carbocycles. The molecule has 0 radical (unpaired) electrons. The Labute approximate surface area is 74.4 Å². The van der Waals surface area contributed by atoms with Crippen LogP contribution in [0.25, 0.3) is 0 Å². The summed E-state index contributed by atoms with van der Waals surface area (Å²) in [6.45, 7) is 3.51. The maximum absolute atomic E-state index is 2.42. The zero-order valence-electron chi connectivity index (χ0n) is 7.84. The van der Waals surface area contributed by atoms with Crippen LogP contribution in [0.3, 0.4) is 0 Å². The summed E-state index contributed by atoms with van der Waals surface area (Å²) in [6.07, 6.45) is 8.91. The van der Waals surface area contributed by atoms with E-state index in [1.807, 2.05) is 0 Å². The zero-order valence-corrected chi connectivity index (χ0v) is 7.84. The van der Waals surface area contributed by atoms with Crippen LogP contribution in [0.15, 0.2) is 12.3 Å². The summed E-state index contributed by atoms with van der Waals surface area (Å²) in [5.41, 5.74) is 3.10. The van der Waals surface area contributed by atoms with Gasteiger partial charge < -0.3 is 4.57 Å². The van der Waals surface area contributed by atoms with Gasteiger partial charge in [-0.05, 0) is 37.3 Å². The minimum Gasteiger partial charge on any atom is -0.351 e. The largest absolute Gasteiger partial charge is 0.351 e. The van der Waals surface area contributed by atoms with Crippen LogP contribution in [-0.4, -0.2) is 4.57 Å². The van der Waals surface area contributed by atoms with Crippen LogP contribution in [0.5, 0.6) is 0 Å². The quantitative estimate of drug-likeness (QED) is 0.645. The summed E-state index contributed by atoms with van der Waals surface area (Å²) in [5.74, 6) is 0. The molecule has 1 nitrogen and oxygen atoms in total. The van der Waals surface area contributed by atoms with Crippen molar-refractivity contribution in [1.82, 2.24) is 4.57 Å². The number of unbranched alkanes of at least 4 members (excludes halogenated alkanes) is 1. The molecule has 0 aliphatic carbocycles. The average molecular weight is 163 g/mol. The van der Waals surface area contributed by atoms with E-state index < -0.39 is 0 Å². The van der Waals surface area contributed by atoms with E-state index in [2.05, 4.69) is 23.8 Å². The van der Waals surface area contributed by atoms with Crippen molar-refractivity contribution in [3.05, 3.63) is 23.5 Å². The smallest absolute Gasteiger partial charge is 0.0226 e. The van der Waals surface area contributed by atoms with Crippen LogP contribution in [0.1, 0.15) is 37.4 Å². The van der Waals surface area contributed by atoms with Gasteiger partial charge in [-0.3, -0.25) is 0 Å². The van der Waals surface area contributed by atoms with Crippen molar-refractivity contribution in [1.29, 1.82) is 0 Å². The second-order valence-electron chi connectivity index (χ2n) is 3.74. The number of hydrogen-bond donors (Lipinski definition) is 0. The van der Waals surface area contributed by atoms with E-state index >= 15 is 0 Å². The van der Waals surface area contributed by atoms with Gasteiger partial charge in [0.1, 0.15) is 0 Å². The molecular weight excluding hydrogens is 146 g/mol. The normalized spacial score (nSPS) is 15.1. The zero-order chi connectivity index (χ0) is 8.39. The number of aromatic nitrogens is 1. The van der Waals surface area contributed by atoms with E-state index in [0.717, 1.165) is 0 Å². The molecule has 1 aromatic rings. The lowest BCUT2D eigenvalue weighted by atomic mass is 10.1. The van der Waals surface area contributed by atoms with Crippen molar-refractivity contribution in [2.24, 2.45) is 0 Å². The summed E-state index contributed by atoms with van der Waals surface area (Å²) < 4.78 is 2.42. The van der Waals surface area contributed by atoms with E-state index in [1.54, 1.807) is 11.3 Å². The summed E-state index contributed by atoms with van der Waals surface area (Å²) in [5, 5.41) is 0. The van der Waals surface area contributed by atoms with Crippen molar-refractivity contribution >= 4 is 0 Å². The lowest BCUT2D eigenvalue weighted by Gasteiger charge is -1.94. The SMILES string of the molecule is CCCCc1cc2n(c1)CCC2.